The Bertz CT molecular complexity index is 630. The molecule has 0 amide bonds. The quantitative estimate of drug-likeness (QED) is 0.698. The molecular weight excluding hydrogens is 220 g/mol. The SMILES string of the molecule is Oc1cccc(-c2nc(-c3ncc[nH]3)no2)c1. The molecule has 0 saturated heterocycles. The molecule has 0 aliphatic heterocycles. The molecular formula is C11H8N4O2. The summed E-state index contributed by atoms with van der Waals surface area (Å²) in [6.07, 6.45) is 3.29. The molecule has 2 heterocycles. The average Bonchev–Trinajstić information content (AvgIpc) is 3.00. The van der Waals surface area contributed by atoms with Crippen LogP contribution in [-0.4, -0.2) is 25.2 Å². The molecule has 0 saturated carbocycles. The van der Waals surface area contributed by atoms with Gasteiger partial charge in [-0.3, -0.25) is 0 Å². The third-order valence-corrected chi connectivity index (χ3v) is 2.23. The lowest BCUT2D eigenvalue weighted by Gasteiger charge is -1.94. The molecule has 3 rings (SSSR count). The largest absolute Gasteiger partial charge is 0.508 e. The molecule has 0 radical (unpaired) electrons. The van der Waals surface area contributed by atoms with Crippen molar-refractivity contribution in [1.29, 1.82) is 0 Å². The summed E-state index contributed by atoms with van der Waals surface area (Å²) in [5.41, 5.74) is 0.662. The van der Waals surface area contributed by atoms with Crippen LogP contribution >= 0.6 is 0 Å². The van der Waals surface area contributed by atoms with Crippen LogP contribution in [0.15, 0.2) is 41.2 Å². The highest BCUT2D eigenvalue weighted by molar-refractivity contribution is 5.57. The van der Waals surface area contributed by atoms with Gasteiger partial charge in [-0.25, -0.2) is 4.98 Å². The molecule has 0 bridgehead atoms. The molecule has 2 aromatic heterocycles. The predicted molar refractivity (Wildman–Crippen MR) is 59.0 cm³/mol. The highest BCUT2D eigenvalue weighted by atomic mass is 16.5. The fraction of sp³-hybridized carbons (Fsp3) is 0. The van der Waals surface area contributed by atoms with Crippen LogP contribution in [0.4, 0.5) is 0 Å². The summed E-state index contributed by atoms with van der Waals surface area (Å²) in [5.74, 6) is 1.42. The number of aromatic hydroxyl groups is 1. The summed E-state index contributed by atoms with van der Waals surface area (Å²) in [4.78, 5) is 11.1. The van der Waals surface area contributed by atoms with Gasteiger partial charge in [-0.2, -0.15) is 4.98 Å². The molecule has 1 aromatic carbocycles. The van der Waals surface area contributed by atoms with Crippen molar-refractivity contribution < 1.29 is 9.63 Å². The van der Waals surface area contributed by atoms with Crippen molar-refractivity contribution in [2.45, 2.75) is 0 Å². The molecule has 0 aliphatic rings. The lowest BCUT2D eigenvalue weighted by Crippen LogP contribution is -1.82. The summed E-state index contributed by atoms with van der Waals surface area (Å²) in [6, 6.07) is 6.62. The van der Waals surface area contributed by atoms with Gasteiger partial charge in [0.15, 0.2) is 5.82 Å². The molecule has 17 heavy (non-hydrogen) atoms. The second-order valence-corrected chi connectivity index (χ2v) is 3.41. The third-order valence-electron chi connectivity index (χ3n) is 2.23. The van der Waals surface area contributed by atoms with Gasteiger partial charge in [0.2, 0.25) is 5.82 Å². The molecule has 0 unspecified atom stereocenters. The Kier molecular flexibility index (Phi) is 2.11. The van der Waals surface area contributed by atoms with E-state index in [2.05, 4.69) is 20.1 Å². The van der Waals surface area contributed by atoms with Crippen molar-refractivity contribution in [3.8, 4) is 28.9 Å². The summed E-state index contributed by atoms with van der Waals surface area (Å²) >= 11 is 0. The van der Waals surface area contributed by atoms with Gasteiger partial charge in [0.05, 0.1) is 0 Å². The molecule has 84 valence electrons. The maximum atomic E-state index is 9.36. The Hall–Kier alpha value is -2.63. The zero-order chi connectivity index (χ0) is 11.7. The summed E-state index contributed by atoms with van der Waals surface area (Å²) < 4.78 is 5.10. The van der Waals surface area contributed by atoms with Crippen LogP contribution in [-0.2, 0) is 0 Å². The number of nitrogens with zero attached hydrogens (tertiary/aromatic N) is 3. The van der Waals surface area contributed by atoms with E-state index in [9.17, 15) is 5.11 Å². The van der Waals surface area contributed by atoms with Gasteiger partial charge in [0.1, 0.15) is 5.75 Å². The number of hydrogen-bond acceptors (Lipinski definition) is 5. The first-order chi connectivity index (χ1) is 8.33. The number of phenolic OH excluding ortho intramolecular Hbond substituents is 1. The second-order valence-electron chi connectivity index (χ2n) is 3.41. The van der Waals surface area contributed by atoms with Crippen LogP contribution in [0.1, 0.15) is 0 Å². The van der Waals surface area contributed by atoms with Gasteiger partial charge >= 0.3 is 0 Å². The first-order valence-electron chi connectivity index (χ1n) is 4.96. The Labute approximate surface area is 96.0 Å². The van der Waals surface area contributed by atoms with Crippen LogP contribution in [0.2, 0.25) is 0 Å². The Balaban J connectivity index is 2.01. The molecule has 3 aromatic rings. The van der Waals surface area contributed by atoms with Gasteiger partial charge in [-0.15, -0.1) is 0 Å². The normalized spacial score (nSPS) is 10.6. The lowest BCUT2D eigenvalue weighted by atomic mass is 10.2. The number of aromatic amines is 1. The molecule has 2 N–H and O–H groups in total. The number of nitrogens with one attached hydrogen (secondary N) is 1. The minimum absolute atomic E-state index is 0.153. The van der Waals surface area contributed by atoms with E-state index in [-0.39, 0.29) is 5.75 Å². The number of hydrogen-bond donors (Lipinski definition) is 2. The number of aromatic nitrogens is 4. The molecule has 6 heteroatoms. The molecule has 0 spiro atoms. The van der Waals surface area contributed by atoms with Gasteiger partial charge in [-0.1, -0.05) is 11.2 Å². The predicted octanol–water partition coefficient (Wildman–Crippen LogP) is 1.83. The van der Waals surface area contributed by atoms with E-state index >= 15 is 0 Å². The van der Waals surface area contributed by atoms with Crippen molar-refractivity contribution in [3.63, 3.8) is 0 Å². The van der Waals surface area contributed by atoms with Gasteiger partial charge in [0, 0.05) is 18.0 Å². The third kappa shape index (κ3) is 1.76. The second kappa shape index (κ2) is 3.75. The first-order valence-corrected chi connectivity index (χ1v) is 4.96. The molecule has 0 fully saturated rings. The fourth-order valence-corrected chi connectivity index (χ4v) is 1.46. The van der Waals surface area contributed by atoms with E-state index in [0.717, 1.165) is 0 Å². The summed E-state index contributed by atoms with van der Waals surface area (Å²) in [6.45, 7) is 0. The van der Waals surface area contributed by atoms with E-state index in [1.165, 1.54) is 0 Å². The van der Waals surface area contributed by atoms with Crippen LogP contribution in [0.5, 0.6) is 5.75 Å². The lowest BCUT2D eigenvalue weighted by molar-refractivity contribution is 0.431. The maximum absolute atomic E-state index is 9.36. The van der Waals surface area contributed by atoms with Crippen LogP contribution in [0, 0.1) is 0 Å². The van der Waals surface area contributed by atoms with Gasteiger partial charge < -0.3 is 14.6 Å². The highest BCUT2D eigenvalue weighted by Crippen LogP contribution is 2.23. The van der Waals surface area contributed by atoms with Crippen LogP contribution in [0.25, 0.3) is 23.1 Å². The van der Waals surface area contributed by atoms with E-state index in [1.807, 2.05) is 0 Å². The number of H-pyrrole nitrogens is 1. The minimum Gasteiger partial charge on any atom is -0.508 e. The first kappa shape index (κ1) is 9.59. The van der Waals surface area contributed by atoms with Gasteiger partial charge in [-0.05, 0) is 18.2 Å². The van der Waals surface area contributed by atoms with Crippen LogP contribution in [0.3, 0.4) is 0 Å². The molecule has 0 aliphatic carbocycles. The Morgan fingerprint density at radius 2 is 2.24 bits per heavy atom. The molecule has 0 atom stereocenters. The van der Waals surface area contributed by atoms with Crippen molar-refractivity contribution in [3.05, 3.63) is 36.7 Å². The zero-order valence-electron chi connectivity index (χ0n) is 8.66. The number of phenols is 1. The Morgan fingerprint density at radius 1 is 1.29 bits per heavy atom. The summed E-state index contributed by atoms with van der Waals surface area (Å²) in [5, 5.41) is 13.2. The smallest absolute Gasteiger partial charge is 0.258 e. The minimum atomic E-state index is 0.153. The monoisotopic (exact) mass is 228 g/mol. The van der Waals surface area contributed by atoms with Crippen molar-refractivity contribution in [2.75, 3.05) is 0 Å². The van der Waals surface area contributed by atoms with Crippen molar-refractivity contribution in [2.24, 2.45) is 0 Å². The molecule has 6 nitrogen and oxygen atoms in total. The van der Waals surface area contributed by atoms with E-state index in [0.29, 0.717) is 23.1 Å². The van der Waals surface area contributed by atoms with Crippen molar-refractivity contribution in [1.82, 2.24) is 20.1 Å². The zero-order valence-corrected chi connectivity index (χ0v) is 8.66. The highest BCUT2D eigenvalue weighted by Gasteiger charge is 2.12. The summed E-state index contributed by atoms with van der Waals surface area (Å²) in [7, 11) is 0. The Morgan fingerprint density at radius 3 is 3.00 bits per heavy atom. The topological polar surface area (TPSA) is 87.8 Å². The van der Waals surface area contributed by atoms with Gasteiger partial charge in [0.25, 0.3) is 5.89 Å². The number of benzene rings is 1. The van der Waals surface area contributed by atoms with E-state index < -0.39 is 0 Å². The van der Waals surface area contributed by atoms with E-state index in [4.69, 9.17) is 4.52 Å². The number of imidazole rings is 1. The van der Waals surface area contributed by atoms with E-state index in [1.54, 1.807) is 36.7 Å². The average molecular weight is 228 g/mol. The van der Waals surface area contributed by atoms with Crippen molar-refractivity contribution >= 4 is 0 Å². The fourth-order valence-electron chi connectivity index (χ4n) is 1.46. The van der Waals surface area contributed by atoms with Crippen LogP contribution < -0.4 is 0 Å². The maximum Gasteiger partial charge on any atom is 0.258 e. The standard InChI is InChI=1S/C11H8N4O2/c16-8-3-1-2-7(6-8)11-14-10(15-17-11)9-12-4-5-13-9/h1-6,16H,(H,12,13). The number of rotatable bonds is 2.